The zero-order chi connectivity index (χ0) is 11.8. The van der Waals surface area contributed by atoms with Gasteiger partial charge in [0, 0.05) is 43.6 Å². The molecule has 0 saturated carbocycles. The van der Waals surface area contributed by atoms with Crippen LogP contribution < -0.4 is 0 Å². The Kier molecular flexibility index (Phi) is 2.89. The van der Waals surface area contributed by atoms with Crippen LogP contribution in [0.1, 0.15) is 24.6 Å². The Labute approximate surface area is 103 Å². The molecule has 3 heterocycles. The minimum absolute atomic E-state index is 0.782. The quantitative estimate of drug-likeness (QED) is 0.786. The second-order valence-corrected chi connectivity index (χ2v) is 5.45. The maximum atomic E-state index is 4.48. The third-order valence-corrected chi connectivity index (χ3v) is 4.14. The van der Waals surface area contributed by atoms with Crippen molar-refractivity contribution < 1.29 is 0 Å². The lowest BCUT2D eigenvalue weighted by atomic mass is 9.87. The SMILES string of the molecule is CCc1ccc(CN2C3CC2CN(C)C3)cn1. The summed E-state index contributed by atoms with van der Waals surface area (Å²) in [5.41, 5.74) is 2.55. The van der Waals surface area contributed by atoms with Crippen LogP contribution in [0.3, 0.4) is 0 Å². The van der Waals surface area contributed by atoms with Crippen LogP contribution in [0.4, 0.5) is 0 Å². The summed E-state index contributed by atoms with van der Waals surface area (Å²) in [6.45, 7) is 5.70. The molecule has 3 heteroatoms. The van der Waals surface area contributed by atoms with E-state index in [1.54, 1.807) is 0 Å². The van der Waals surface area contributed by atoms with Crippen molar-refractivity contribution in [3.8, 4) is 0 Å². The fourth-order valence-electron chi connectivity index (χ4n) is 3.12. The first-order chi connectivity index (χ1) is 8.26. The van der Waals surface area contributed by atoms with Gasteiger partial charge >= 0.3 is 0 Å². The van der Waals surface area contributed by atoms with Gasteiger partial charge in [-0.1, -0.05) is 13.0 Å². The van der Waals surface area contributed by atoms with Crippen LogP contribution in [-0.2, 0) is 13.0 Å². The van der Waals surface area contributed by atoms with Crippen molar-refractivity contribution in [2.24, 2.45) is 0 Å². The Hall–Kier alpha value is -0.930. The van der Waals surface area contributed by atoms with Gasteiger partial charge in [-0.3, -0.25) is 9.88 Å². The Morgan fingerprint density at radius 3 is 2.65 bits per heavy atom. The highest BCUT2D eigenvalue weighted by molar-refractivity contribution is 5.15. The van der Waals surface area contributed by atoms with Crippen molar-refractivity contribution in [1.82, 2.24) is 14.8 Å². The minimum Gasteiger partial charge on any atom is -0.303 e. The topological polar surface area (TPSA) is 19.4 Å². The number of fused-ring (bicyclic) bond motifs is 2. The standard InChI is InChI=1S/C14H21N3/c1-3-12-5-4-11(7-15-12)8-17-13-6-14(17)10-16(2)9-13/h4-5,7,13-14H,3,6,8-10H2,1-2H3. The van der Waals surface area contributed by atoms with Gasteiger partial charge in [-0.15, -0.1) is 0 Å². The van der Waals surface area contributed by atoms with Gasteiger partial charge in [0.05, 0.1) is 0 Å². The van der Waals surface area contributed by atoms with Gasteiger partial charge in [0.1, 0.15) is 0 Å². The van der Waals surface area contributed by atoms with E-state index < -0.39 is 0 Å². The average Bonchev–Trinajstić information content (AvgIpc) is 2.36. The maximum absolute atomic E-state index is 4.48. The summed E-state index contributed by atoms with van der Waals surface area (Å²) in [5.74, 6) is 0. The van der Waals surface area contributed by atoms with E-state index in [-0.39, 0.29) is 0 Å². The van der Waals surface area contributed by atoms with E-state index >= 15 is 0 Å². The number of likely N-dealkylation sites (N-methyl/N-ethyl adjacent to an activating group) is 1. The van der Waals surface area contributed by atoms with Crippen molar-refractivity contribution in [1.29, 1.82) is 0 Å². The average molecular weight is 231 g/mol. The molecule has 0 N–H and O–H groups in total. The summed E-state index contributed by atoms with van der Waals surface area (Å²) in [6.07, 6.45) is 4.47. The number of hydrogen-bond donors (Lipinski definition) is 0. The van der Waals surface area contributed by atoms with Crippen molar-refractivity contribution in [3.63, 3.8) is 0 Å². The molecule has 2 unspecified atom stereocenters. The molecule has 2 aliphatic heterocycles. The van der Waals surface area contributed by atoms with Gasteiger partial charge in [0.25, 0.3) is 0 Å². The summed E-state index contributed by atoms with van der Waals surface area (Å²) in [5, 5.41) is 0. The van der Waals surface area contributed by atoms with E-state index in [1.165, 1.54) is 30.8 Å². The molecule has 3 rings (SSSR count). The summed E-state index contributed by atoms with van der Waals surface area (Å²) in [7, 11) is 2.23. The first-order valence-corrected chi connectivity index (χ1v) is 6.64. The summed E-state index contributed by atoms with van der Waals surface area (Å²) in [4.78, 5) is 9.57. The Bertz CT molecular complexity index is 375. The molecule has 0 amide bonds. The Morgan fingerprint density at radius 2 is 2.06 bits per heavy atom. The Balaban J connectivity index is 1.64. The van der Waals surface area contributed by atoms with Gasteiger partial charge in [-0.05, 0) is 31.5 Å². The summed E-state index contributed by atoms with van der Waals surface area (Å²) < 4.78 is 0. The molecule has 2 saturated heterocycles. The number of nitrogens with zero attached hydrogens (tertiary/aromatic N) is 3. The molecule has 0 spiro atoms. The normalized spacial score (nSPS) is 29.1. The van der Waals surface area contributed by atoms with Crippen molar-refractivity contribution >= 4 is 0 Å². The molecule has 0 aliphatic carbocycles. The number of piperazine rings is 1. The highest BCUT2D eigenvalue weighted by Crippen LogP contribution is 2.32. The smallest absolute Gasteiger partial charge is 0.0401 e. The number of pyridine rings is 1. The van der Waals surface area contributed by atoms with Crippen LogP contribution in [0.25, 0.3) is 0 Å². The zero-order valence-electron chi connectivity index (χ0n) is 10.8. The van der Waals surface area contributed by atoms with E-state index in [2.05, 4.69) is 47.1 Å². The Morgan fingerprint density at radius 1 is 1.29 bits per heavy atom. The highest BCUT2D eigenvalue weighted by atomic mass is 15.3. The van der Waals surface area contributed by atoms with Gasteiger partial charge in [-0.2, -0.15) is 0 Å². The number of rotatable bonds is 3. The van der Waals surface area contributed by atoms with Crippen LogP contribution in [-0.4, -0.2) is 47.0 Å². The second-order valence-electron chi connectivity index (χ2n) is 5.45. The molecule has 92 valence electrons. The molecule has 2 bridgehead atoms. The highest BCUT2D eigenvalue weighted by Gasteiger charge is 2.42. The first kappa shape index (κ1) is 11.2. The second kappa shape index (κ2) is 4.39. The van der Waals surface area contributed by atoms with Crippen LogP contribution in [0.2, 0.25) is 0 Å². The molecule has 3 nitrogen and oxygen atoms in total. The number of likely N-dealkylation sites (tertiary alicyclic amines) is 2. The van der Waals surface area contributed by atoms with Crippen LogP contribution >= 0.6 is 0 Å². The molecule has 2 aliphatic rings. The van der Waals surface area contributed by atoms with Crippen molar-refractivity contribution in [3.05, 3.63) is 29.6 Å². The van der Waals surface area contributed by atoms with Crippen LogP contribution in [0.5, 0.6) is 0 Å². The van der Waals surface area contributed by atoms with Crippen molar-refractivity contribution in [2.75, 3.05) is 20.1 Å². The number of aromatic nitrogens is 1. The van der Waals surface area contributed by atoms with Crippen LogP contribution in [0.15, 0.2) is 18.3 Å². The number of piperidine rings is 1. The molecule has 0 aromatic carbocycles. The van der Waals surface area contributed by atoms with Gasteiger partial charge < -0.3 is 4.90 Å². The molecule has 2 fully saturated rings. The van der Waals surface area contributed by atoms with E-state index in [0.717, 1.165) is 25.0 Å². The molecule has 1 aromatic heterocycles. The lowest BCUT2D eigenvalue weighted by Crippen LogP contribution is -2.67. The molecule has 0 radical (unpaired) electrons. The largest absolute Gasteiger partial charge is 0.303 e. The molecular weight excluding hydrogens is 210 g/mol. The third-order valence-electron chi connectivity index (χ3n) is 4.14. The first-order valence-electron chi connectivity index (χ1n) is 6.64. The minimum atomic E-state index is 0.782. The van der Waals surface area contributed by atoms with Crippen molar-refractivity contribution in [2.45, 2.75) is 38.4 Å². The molecule has 17 heavy (non-hydrogen) atoms. The van der Waals surface area contributed by atoms with E-state index in [0.29, 0.717) is 0 Å². The van der Waals surface area contributed by atoms with Gasteiger partial charge in [-0.25, -0.2) is 0 Å². The molecule has 1 aromatic rings. The number of aryl methyl sites for hydroxylation is 1. The maximum Gasteiger partial charge on any atom is 0.0401 e. The zero-order valence-corrected chi connectivity index (χ0v) is 10.8. The fourth-order valence-corrected chi connectivity index (χ4v) is 3.12. The third kappa shape index (κ3) is 2.09. The van der Waals surface area contributed by atoms with Crippen LogP contribution in [0, 0.1) is 0 Å². The lowest BCUT2D eigenvalue weighted by molar-refractivity contribution is -0.0668. The predicted molar refractivity (Wildman–Crippen MR) is 68.8 cm³/mol. The lowest BCUT2D eigenvalue weighted by Gasteiger charge is -2.55. The molecular formula is C14H21N3. The monoisotopic (exact) mass is 231 g/mol. The fraction of sp³-hybridized carbons (Fsp3) is 0.643. The summed E-state index contributed by atoms with van der Waals surface area (Å²) >= 11 is 0. The summed E-state index contributed by atoms with van der Waals surface area (Å²) in [6, 6.07) is 5.97. The predicted octanol–water partition coefficient (Wildman–Crippen LogP) is 1.53. The van der Waals surface area contributed by atoms with E-state index in [1.807, 2.05) is 0 Å². The van der Waals surface area contributed by atoms with E-state index in [9.17, 15) is 0 Å². The molecule has 2 atom stereocenters. The van der Waals surface area contributed by atoms with Gasteiger partial charge in [0.15, 0.2) is 0 Å². The number of hydrogen-bond acceptors (Lipinski definition) is 3. The van der Waals surface area contributed by atoms with Gasteiger partial charge in [0.2, 0.25) is 0 Å². The van der Waals surface area contributed by atoms with E-state index in [4.69, 9.17) is 0 Å².